The highest BCUT2D eigenvalue weighted by Gasteiger charge is 2.28. The molecule has 1 aromatic carbocycles. The molecule has 1 aromatic heterocycles. The van der Waals surface area contributed by atoms with E-state index in [1.54, 1.807) is 4.90 Å². The molecule has 154 valence electrons. The number of carbonyl (C=O) groups is 1. The molecule has 1 unspecified atom stereocenters. The Morgan fingerprint density at radius 2 is 1.97 bits per heavy atom. The largest absolute Gasteiger partial charge is 0.450 e. The Hall–Kier alpha value is -2.09. The maximum atomic E-state index is 11.8. The van der Waals surface area contributed by atoms with Crippen LogP contribution in [0.2, 0.25) is 0 Å². The van der Waals surface area contributed by atoms with E-state index in [0.29, 0.717) is 17.6 Å². The van der Waals surface area contributed by atoms with Gasteiger partial charge >= 0.3 is 6.09 Å². The number of aromatic nitrogens is 1. The standard InChI is InChI=1S/C22H27N3O3S/c1-2-28-22(27)24-10-8-19(9-11-24)29-25-14-17-12-20(23-13-18(17)15-25)21(26)16-6-4-3-5-7-16/h3-7,12-13,19,21,26H,2,8-11,14-15H2,1H3. The van der Waals surface area contributed by atoms with Crippen LogP contribution < -0.4 is 0 Å². The fraction of sp³-hybridized carbons (Fsp3) is 0.455. The van der Waals surface area contributed by atoms with E-state index in [-0.39, 0.29) is 6.09 Å². The highest BCUT2D eigenvalue weighted by Crippen LogP contribution is 2.35. The first kappa shape index (κ1) is 20.2. The number of hydrogen-bond acceptors (Lipinski definition) is 6. The molecule has 0 bridgehead atoms. The van der Waals surface area contributed by atoms with E-state index in [1.165, 1.54) is 11.1 Å². The zero-order valence-corrected chi connectivity index (χ0v) is 17.5. The van der Waals surface area contributed by atoms with Crippen molar-refractivity contribution in [3.05, 3.63) is 65.0 Å². The molecule has 2 aliphatic heterocycles. The van der Waals surface area contributed by atoms with Gasteiger partial charge in [0, 0.05) is 37.6 Å². The number of aliphatic hydroxyl groups excluding tert-OH is 1. The molecule has 6 nitrogen and oxygen atoms in total. The third-order valence-corrected chi connectivity index (χ3v) is 6.78. The molecule has 1 fully saturated rings. The quantitative estimate of drug-likeness (QED) is 0.753. The molecule has 0 saturated carbocycles. The van der Waals surface area contributed by atoms with Gasteiger partial charge < -0.3 is 14.7 Å². The number of ether oxygens (including phenoxy) is 1. The molecule has 1 N–H and O–H groups in total. The smallest absolute Gasteiger partial charge is 0.409 e. The lowest BCUT2D eigenvalue weighted by molar-refractivity contribution is 0.100. The molecule has 0 spiro atoms. The van der Waals surface area contributed by atoms with Crippen LogP contribution in [-0.2, 0) is 17.8 Å². The van der Waals surface area contributed by atoms with Crippen molar-refractivity contribution in [3.63, 3.8) is 0 Å². The molecular weight excluding hydrogens is 386 g/mol. The van der Waals surface area contributed by atoms with Gasteiger partial charge in [-0.2, -0.15) is 0 Å². The van der Waals surface area contributed by atoms with E-state index in [1.807, 2.05) is 61.5 Å². The molecule has 7 heteroatoms. The van der Waals surface area contributed by atoms with Crippen LogP contribution in [-0.4, -0.2) is 50.3 Å². The Morgan fingerprint density at radius 3 is 2.69 bits per heavy atom. The van der Waals surface area contributed by atoms with Crippen molar-refractivity contribution >= 4 is 18.0 Å². The van der Waals surface area contributed by atoms with Crippen molar-refractivity contribution in [1.29, 1.82) is 0 Å². The van der Waals surface area contributed by atoms with E-state index in [0.717, 1.165) is 44.6 Å². The summed E-state index contributed by atoms with van der Waals surface area (Å²) in [6.45, 7) is 5.50. The Bertz CT molecular complexity index is 840. The molecule has 29 heavy (non-hydrogen) atoms. The highest BCUT2D eigenvalue weighted by molar-refractivity contribution is 7.97. The van der Waals surface area contributed by atoms with Crippen LogP contribution in [0, 0.1) is 0 Å². The van der Waals surface area contributed by atoms with Gasteiger partial charge in [-0.1, -0.05) is 42.3 Å². The minimum absolute atomic E-state index is 0.194. The lowest BCUT2D eigenvalue weighted by Crippen LogP contribution is -2.40. The summed E-state index contributed by atoms with van der Waals surface area (Å²) in [5, 5.41) is 11.1. The third kappa shape index (κ3) is 4.74. The van der Waals surface area contributed by atoms with Crippen molar-refractivity contribution in [3.8, 4) is 0 Å². The zero-order chi connectivity index (χ0) is 20.2. The van der Waals surface area contributed by atoms with Crippen LogP contribution >= 0.6 is 11.9 Å². The zero-order valence-electron chi connectivity index (χ0n) is 16.7. The second-order valence-electron chi connectivity index (χ2n) is 7.48. The number of pyridine rings is 1. The summed E-state index contributed by atoms with van der Waals surface area (Å²) in [4.78, 5) is 18.2. The number of rotatable bonds is 5. The van der Waals surface area contributed by atoms with Gasteiger partial charge in [0.1, 0.15) is 6.10 Å². The number of hydrogen-bond donors (Lipinski definition) is 1. The van der Waals surface area contributed by atoms with E-state index in [9.17, 15) is 9.90 Å². The Labute approximate surface area is 176 Å². The van der Waals surface area contributed by atoms with Gasteiger partial charge in [0.05, 0.1) is 12.3 Å². The minimum Gasteiger partial charge on any atom is -0.450 e. The Kier molecular flexibility index (Phi) is 6.37. The van der Waals surface area contributed by atoms with Gasteiger partial charge in [0.15, 0.2) is 0 Å². The van der Waals surface area contributed by atoms with Gasteiger partial charge in [-0.25, -0.2) is 9.10 Å². The summed E-state index contributed by atoms with van der Waals surface area (Å²) in [5.41, 5.74) is 4.02. The summed E-state index contributed by atoms with van der Waals surface area (Å²) in [6, 6.07) is 11.7. The molecule has 2 aromatic rings. The number of aliphatic hydroxyl groups is 1. The minimum atomic E-state index is -0.699. The maximum Gasteiger partial charge on any atom is 0.409 e. The topological polar surface area (TPSA) is 65.9 Å². The second-order valence-corrected chi connectivity index (χ2v) is 8.87. The highest BCUT2D eigenvalue weighted by atomic mass is 32.2. The van der Waals surface area contributed by atoms with Crippen LogP contribution in [0.25, 0.3) is 0 Å². The fourth-order valence-electron chi connectivity index (χ4n) is 3.87. The molecule has 1 atom stereocenters. The molecule has 1 saturated heterocycles. The number of piperidine rings is 1. The number of carbonyl (C=O) groups excluding carboxylic acids is 1. The van der Waals surface area contributed by atoms with Gasteiger partial charge in [-0.05, 0) is 42.5 Å². The molecule has 1 amide bonds. The Morgan fingerprint density at radius 1 is 1.24 bits per heavy atom. The van der Waals surface area contributed by atoms with Crippen LogP contribution in [0.5, 0.6) is 0 Å². The van der Waals surface area contributed by atoms with Crippen molar-refractivity contribution in [2.45, 2.75) is 44.2 Å². The van der Waals surface area contributed by atoms with Crippen molar-refractivity contribution in [2.24, 2.45) is 0 Å². The molecule has 0 radical (unpaired) electrons. The second kappa shape index (κ2) is 9.15. The van der Waals surface area contributed by atoms with Gasteiger partial charge in [0.25, 0.3) is 0 Å². The van der Waals surface area contributed by atoms with Crippen LogP contribution in [0.1, 0.15) is 48.3 Å². The van der Waals surface area contributed by atoms with Crippen LogP contribution in [0.15, 0.2) is 42.6 Å². The average Bonchev–Trinajstić information content (AvgIpc) is 3.16. The van der Waals surface area contributed by atoms with E-state index in [4.69, 9.17) is 4.74 Å². The molecule has 3 heterocycles. The van der Waals surface area contributed by atoms with Crippen LogP contribution in [0.4, 0.5) is 4.79 Å². The molecule has 4 rings (SSSR count). The van der Waals surface area contributed by atoms with E-state index >= 15 is 0 Å². The summed E-state index contributed by atoms with van der Waals surface area (Å²) in [7, 11) is 0. The summed E-state index contributed by atoms with van der Waals surface area (Å²) in [5.74, 6) is 0. The first-order valence-corrected chi connectivity index (χ1v) is 11.0. The summed E-state index contributed by atoms with van der Waals surface area (Å²) in [6.07, 6.45) is 2.97. The SMILES string of the molecule is CCOC(=O)N1CCC(SN2Cc3cnc(C(O)c4ccccc4)cc3C2)CC1. The lowest BCUT2D eigenvalue weighted by atomic mass is 10.0. The number of amides is 1. The number of benzene rings is 1. The number of nitrogens with zero attached hydrogens (tertiary/aromatic N) is 3. The first-order chi connectivity index (χ1) is 14.1. The molecular formula is C22H27N3O3S. The lowest BCUT2D eigenvalue weighted by Gasteiger charge is -2.32. The van der Waals surface area contributed by atoms with E-state index in [2.05, 4.69) is 9.29 Å². The fourth-order valence-corrected chi connectivity index (χ4v) is 5.14. The third-order valence-electron chi connectivity index (χ3n) is 5.46. The number of likely N-dealkylation sites (tertiary alicyclic amines) is 1. The van der Waals surface area contributed by atoms with Gasteiger partial charge in [0.2, 0.25) is 0 Å². The number of fused-ring (bicyclic) bond motifs is 1. The monoisotopic (exact) mass is 413 g/mol. The van der Waals surface area contributed by atoms with Crippen molar-refractivity contribution < 1.29 is 14.6 Å². The van der Waals surface area contributed by atoms with E-state index < -0.39 is 6.10 Å². The Balaban J connectivity index is 1.32. The maximum absolute atomic E-state index is 11.8. The molecule has 2 aliphatic rings. The van der Waals surface area contributed by atoms with Gasteiger partial charge in [-0.3, -0.25) is 4.98 Å². The summed E-state index contributed by atoms with van der Waals surface area (Å²) < 4.78 is 7.47. The predicted molar refractivity (Wildman–Crippen MR) is 113 cm³/mol. The predicted octanol–water partition coefficient (Wildman–Crippen LogP) is 3.75. The van der Waals surface area contributed by atoms with Crippen molar-refractivity contribution in [1.82, 2.24) is 14.2 Å². The molecule has 0 aliphatic carbocycles. The average molecular weight is 414 g/mol. The summed E-state index contributed by atoms with van der Waals surface area (Å²) >= 11 is 1.89. The first-order valence-electron chi connectivity index (χ1n) is 10.2. The van der Waals surface area contributed by atoms with Crippen LogP contribution in [0.3, 0.4) is 0 Å². The van der Waals surface area contributed by atoms with Gasteiger partial charge in [-0.15, -0.1) is 0 Å². The normalized spacial score (nSPS) is 18.5. The van der Waals surface area contributed by atoms with Crippen molar-refractivity contribution in [2.75, 3.05) is 19.7 Å².